The number of hydrogen-bond acceptors (Lipinski definition) is 4. The SMILES string of the molecule is O=C(Nc1ccc(-c2ccccc2)cc1)[C@H]1CC(=O)N(c2ccc3c(c2)OCCO3)C1. The van der Waals surface area contributed by atoms with Crippen LogP contribution in [0.25, 0.3) is 11.1 Å². The monoisotopic (exact) mass is 414 g/mol. The van der Waals surface area contributed by atoms with E-state index >= 15 is 0 Å². The highest BCUT2D eigenvalue weighted by atomic mass is 16.6. The lowest BCUT2D eigenvalue weighted by atomic mass is 10.0. The first-order valence-electron chi connectivity index (χ1n) is 10.3. The van der Waals surface area contributed by atoms with E-state index in [0.29, 0.717) is 31.3 Å². The molecule has 0 aromatic heterocycles. The predicted octanol–water partition coefficient (Wildman–Crippen LogP) is 4.12. The molecule has 2 aliphatic rings. The standard InChI is InChI=1S/C25H22N2O4/c28-24-14-19(16-27(24)21-10-11-22-23(15-21)31-13-12-30-22)25(29)26-20-8-6-18(7-9-20)17-4-2-1-3-5-17/h1-11,15,19H,12-14,16H2,(H,26,29)/t19-/m0/s1. The Morgan fingerprint density at radius 3 is 2.35 bits per heavy atom. The van der Waals surface area contributed by atoms with E-state index in [1.54, 1.807) is 17.0 Å². The van der Waals surface area contributed by atoms with Crippen LogP contribution in [-0.4, -0.2) is 31.6 Å². The molecule has 0 saturated carbocycles. The fourth-order valence-corrected chi connectivity index (χ4v) is 3.95. The van der Waals surface area contributed by atoms with Gasteiger partial charge in [-0.1, -0.05) is 42.5 Å². The van der Waals surface area contributed by atoms with Gasteiger partial charge in [0.25, 0.3) is 0 Å². The number of benzene rings is 3. The van der Waals surface area contributed by atoms with Crippen molar-refractivity contribution in [2.24, 2.45) is 5.92 Å². The largest absolute Gasteiger partial charge is 0.486 e. The minimum absolute atomic E-state index is 0.0729. The van der Waals surface area contributed by atoms with E-state index in [1.807, 2.05) is 60.7 Å². The molecule has 2 amide bonds. The highest BCUT2D eigenvalue weighted by Gasteiger charge is 2.35. The van der Waals surface area contributed by atoms with Gasteiger partial charge in [0.2, 0.25) is 11.8 Å². The number of nitrogens with one attached hydrogen (secondary N) is 1. The average molecular weight is 414 g/mol. The number of hydrogen-bond donors (Lipinski definition) is 1. The second-order valence-corrected chi connectivity index (χ2v) is 7.67. The molecule has 1 N–H and O–H groups in total. The number of carbonyl (C=O) groups excluding carboxylic acids is 2. The number of ether oxygens (including phenoxy) is 2. The Bertz CT molecular complexity index is 1110. The third kappa shape index (κ3) is 3.97. The van der Waals surface area contributed by atoms with Gasteiger partial charge in [-0.05, 0) is 35.4 Å². The molecule has 3 aromatic rings. The first-order chi connectivity index (χ1) is 15.2. The van der Waals surface area contributed by atoms with Gasteiger partial charge in [-0.3, -0.25) is 9.59 Å². The normalized spacial score (nSPS) is 17.5. The van der Waals surface area contributed by atoms with Crippen LogP contribution in [0.3, 0.4) is 0 Å². The molecule has 0 radical (unpaired) electrons. The number of fused-ring (bicyclic) bond motifs is 1. The Labute approximate surface area is 180 Å². The zero-order valence-electron chi connectivity index (χ0n) is 16.9. The molecular formula is C25H22N2O4. The van der Waals surface area contributed by atoms with Gasteiger partial charge in [-0.2, -0.15) is 0 Å². The molecule has 3 aromatic carbocycles. The van der Waals surface area contributed by atoms with E-state index < -0.39 is 5.92 Å². The summed E-state index contributed by atoms with van der Waals surface area (Å²) < 4.78 is 11.1. The van der Waals surface area contributed by atoms with Crippen LogP contribution < -0.4 is 19.7 Å². The molecule has 1 saturated heterocycles. The van der Waals surface area contributed by atoms with Crippen molar-refractivity contribution in [2.45, 2.75) is 6.42 Å². The minimum Gasteiger partial charge on any atom is -0.486 e. The molecule has 2 heterocycles. The van der Waals surface area contributed by atoms with Crippen molar-refractivity contribution < 1.29 is 19.1 Å². The van der Waals surface area contributed by atoms with E-state index in [-0.39, 0.29) is 18.2 Å². The lowest BCUT2D eigenvalue weighted by Gasteiger charge is -2.22. The van der Waals surface area contributed by atoms with Crippen LogP contribution in [0.2, 0.25) is 0 Å². The van der Waals surface area contributed by atoms with E-state index in [4.69, 9.17) is 9.47 Å². The van der Waals surface area contributed by atoms with Crippen LogP contribution in [0.5, 0.6) is 11.5 Å². The second kappa shape index (κ2) is 8.14. The number of anilines is 2. The Morgan fingerprint density at radius 2 is 1.58 bits per heavy atom. The minimum atomic E-state index is -0.408. The van der Waals surface area contributed by atoms with Gasteiger partial charge in [0.15, 0.2) is 11.5 Å². The smallest absolute Gasteiger partial charge is 0.229 e. The van der Waals surface area contributed by atoms with E-state index in [0.717, 1.165) is 22.5 Å². The van der Waals surface area contributed by atoms with Gasteiger partial charge in [0, 0.05) is 30.4 Å². The first kappa shape index (κ1) is 19.2. The van der Waals surface area contributed by atoms with Gasteiger partial charge in [-0.15, -0.1) is 0 Å². The van der Waals surface area contributed by atoms with Crippen LogP contribution in [0.4, 0.5) is 11.4 Å². The Kier molecular flexibility index (Phi) is 5.04. The van der Waals surface area contributed by atoms with Gasteiger partial charge >= 0.3 is 0 Å². The Hall–Kier alpha value is -3.80. The second-order valence-electron chi connectivity index (χ2n) is 7.67. The molecule has 1 fully saturated rings. The quantitative estimate of drug-likeness (QED) is 0.698. The summed E-state index contributed by atoms with van der Waals surface area (Å²) in [4.78, 5) is 27.0. The van der Waals surface area contributed by atoms with Gasteiger partial charge in [-0.25, -0.2) is 0 Å². The third-order valence-corrected chi connectivity index (χ3v) is 5.59. The summed E-state index contributed by atoms with van der Waals surface area (Å²) in [5.41, 5.74) is 3.64. The summed E-state index contributed by atoms with van der Waals surface area (Å²) in [5, 5.41) is 2.94. The molecule has 6 heteroatoms. The highest BCUT2D eigenvalue weighted by Crippen LogP contribution is 2.36. The van der Waals surface area contributed by atoms with Crippen molar-refractivity contribution in [1.29, 1.82) is 0 Å². The van der Waals surface area contributed by atoms with Crippen molar-refractivity contribution in [2.75, 3.05) is 30.0 Å². The van der Waals surface area contributed by atoms with Crippen LogP contribution in [-0.2, 0) is 9.59 Å². The Balaban J connectivity index is 1.25. The van der Waals surface area contributed by atoms with E-state index in [9.17, 15) is 9.59 Å². The van der Waals surface area contributed by atoms with Gasteiger partial charge in [0.1, 0.15) is 13.2 Å². The average Bonchev–Trinajstić information content (AvgIpc) is 3.21. The lowest BCUT2D eigenvalue weighted by Crippen LogP contribution is -2.28. The van der Waals surface area contributed by atoms with E-state index in [2.05, 4.69) is 5.32 Å². The molecule has 1 atom stereocenters. The van der Waals surface area contributed by atoms with E-state index in [1.165, 1.54) is 0 Å². The maximum absolute atomic E-state index is 12.8. The maximum Gasteiger partial charge on any atom is 0.229 e. The number of rotatable bonds is 4. The molecule has 0 spiro atoms. The van der Waals surface area contributed by atoms with Crippen molar-refractivity contribution in [1.82, 2.24) is 0 Å². The molecular weight excluding hydrogens is 392 g/mol. The van der Waals surface area contributed by atoms with Crippen molar-refractivity contribution in [3.63, 3.8) is 0 Å². The first-order valence-corrected chi connectivity index (χ1v) is 10.3. The van der Waals surface area contributed by atoms with Crippen molar-refractivity contribution in [3.8, 4) is 22.6 Å². The number of nitrogens with zero attached hydrogens (tertiary/aromatic N) is 1. The fraction of sp³-hybridized carbons (Fsp3) is 0.200. The molecule has 31 heavy (non-hydrogen) atoms. The number of amides is 2. The Morgan fingerprint density at radius 1 is 0.871 bits per heavy atom. The van der Waals surface area contributed by atoms with Crippen LogP contribution in [0, 0.1) is 5.92 Å². The zero-order valence-corrected chi connectivity index (χ0v) is 16.9. The van der Waals surface area contributed by atoms with Crippen LogP contribution >= 0.6 is 0 Å². The highest BCUT2D eigenvalue weighted by molar-refractivity contribution is 6.03. The molecule has 0 bridgehead atoms. The van der Waals surface area contributed by atoms with Crippen LogP contribution in [0.15, 0.2) is 72.8 Å². The van der Waals surface area contributed by atoms with Crippen LogP contribution in [0.1, 0.15) is 6.42 Å². The van der Waals surface area contributed by atoms with Crippen molar-refractivity contribution in [3.05, 3.63) is 72.8 Å². The summed E-state index contributed by atoms with van der Waals surface area (Å²) in [7, 11) is 0. The number of carbonyl (C=O) groups is 2. The summed E-state index contributed by atoms with van der Waals surface area (Å²) in [5.74, 6) is 0.671. The van der Waals surface area contributed by atoms with Gasteiger partial charge < -0.3 is 19.7 Å². The maximum atomic E-state index is 12.8. The molecule has 5 rings (SSSR count). The summed E-state index contributed by atoms with van der Waals surface area (Å²) >= 11 is 0. The fourth-order valence-electron chi connectivity index (χ4n) is 3.95. The zero-order chi connectivity index (χ0) is 21.2. The summed E-state index contributed by atoms with van der Waals surface area (Å²) in [6, 6.07) is 23.2. The van der Waals surface area contributed by atoms with Crippen molar-refractivity contribution >= 4 is 23.2 Å². The molecule has 0 unspecified atom stereocenters. The molecule has 156 valence electrons. The molecule has 6 nitrogen and oxygen atoms in total. The predicted molar refractivity (Wildman–Crippen MR) is 118 cm³/mol. The third-order valence-electron chi connectivity index (χ3n) is 5.59. The summed E-state index contributed by atoms with van der Waals surface area (Å²) in [6.45, 7) is 1.34. The molecule has 0 aliphatic carbocycles. The lowest BCUT2D eigenvalue weighted by molar-refractivity contribution is -0.122. The molecule has 2 aliphatic heterocycles. The topological polar surface area (TPSA) is 67.9 Å². The summed E-state index contributed by atoms with van der Waals surface area (Å²) in [6.07, 6.45) is 0.183. The van der Waals surface area contributed by atoms with Gasteiger partial charge in [0.05, 0.1) is 5.92 Å².